The van der Waals surface area contributed by atoms with Gasteiger partial charge in [0.2, 0.25) is 10.0 Å². The zero-order valence-electron chi connectivity index (χ0n) is 9.18. The molecule has 1 unspecified atom stereocenters. The maximum absolute atomic E-state index is 11.8. The first-order valence-electron chi connectivity index (χ1n) is 5.28. The molecular formula is C9H16N4O2S. The molecule has 0 amide bonds. The fourth-order valence-electron chi connectivity index (χ4n) is 1.86. The van der Waals surface area contributed by atoms with Gasteiger partial charge in [0.25, 0.3) is 0 Å². The van der Waals surface area contributed by atoms with Gasteiger partial charge in [-0.1, -0.05) is 0 Å². The van der Waals surface area contributed by atoms with Crippen LogP contribution in [0.15, 0.2) is 12.4 Å². The molecule has 1 saturated heterocycles. The van der Waals surface area contributed by atoms with Gasteiger partial charge in [0.05, 0.1) is 17.6 Å². The van der Waals surface area contributed by atoms with E-state index in [4.69, 9.17) is 0 Å². The topological polar surface area (TPSA) is 76.0 Å². The normalized spacial score (nSPS) is 21.2. The highest BCUT2D eigenvalue weighted by Crippen LogP contribution is 2.11. The summed E-state index contributed by atoms with van der Waals surface area (Å²) in [7, 11) is -1.52. The summed E-state index contributed by atoms with van der Waals surface area (Å²) in [5, 5.41) is 7.07. The molecule has 2 rings (SSSR count). The Morgan fingerprint density at radius 1 is 1.69 bits per heavy atom. The highest BCUT2D eigenvalue weighted by atomic mass is 32.2. The second kappa shape index (κ2) is 4.42. The molecule has 1 fully saturated rings. The summed E-state index contributed by atoms with van der Waals surface area (Å²) in [5.74, 6) is 0.127. The zero-order valence-corrected chi connectivity index (χ0v) is 10.00. The summed E-state index contributed by atoms with van der Waals surface area (Å²) in [6, 6.07) is 0.0779. The molecule has 7 heteroatoms. The molecule has 2 N–H and O–H groups in total. The van der Waals surface area contributed by atoms with Gasteiger partial charge in [0.15, 0.2) is 0 Å². The van der Waals surface area contributed by atoms with Crippen molar-refractivity contribution < 1.29 is 8.42 Å². The molecule has 0 saturated carbocycles. The molecule has 0 spiro atoms. The first-order valence-corrected chi connectivity index (χ1v) is 6.93. The van der Waals surface area contributed by atoms with E-state index < -0.39 is 10.0 Å². The second-order valence-electron chi connectivity index (χ2n) is 4.08. The first-order chi connectivity index (χ1) is 7.55. The Kier molecular flexibility index (Phi) is 3.15. The lowest BCUT2D eigenvalue weighted by molar-refractivity contribution is 0.582. The van der Waals surface area contributed by atoms with Crippen molar-refractivity contribution in [2.75, 3.05) is 17.0 Å². The lowest BCUT2D eigenvalue weighted by Gasteiger charge is -2.11. The van der Waals surface area contributed by atoms with E-state index in [9.17, 15) is 8.42 Å². The highest BCUT2D eigenvalue weighted by molar-refractivity contribution is 7.92. The molecule has 0 radical (unpaired) electrons. The maximum Gasteiger partial charge on any atom is 0.234 e. The van der Waals surface area contributed by atoms with Crippen LogP contribution in [-0.4, -0.2) is 36.5 Å². The summed E-state index contributed by atoms with van der Waals surface area (Å²) < 4.78 is 27.6. The Morgan fingerprint density at radius 3 is 3.06 bits per heavy atom. The minimum atomic E-state index is -3.27. The lowest BCUT2D eigenvalue weighted by Crippen LogP contribution is -2.32. The molecule has 1 aromatic rings. The van der Waals surface area contributed by atoms with Crippen molar-refractivity contribution >= 4 is 15.7 Å². The Balaban J connectivity index is 1.96. The summed E-state index contributed by atoms with van der Waals surface area (Å²) in [4.78, 5) is 0. The van der Waals surface area contributed by atoms with Crippen LogP contribution < -0.4 is 10.0 Å². The average molecular weight is 244 g/mol. The number of aromatic nitrogens is 2. The number of hydrogen-bond donors (Lipinski definition) is 2. The van der Waals surface area contributed by atoms with E-state index in [0.29, 0.717) is 5.69 Å². The second-order valence-corrected chi connectivity index (χ2v) is 5.85. The summed E-state index contributed by atoms with van der Waals surface area (Å²) in [6.45, 7) is 0.910. The first kappa shape index (κ1) is 11.4. The van der Waals surface area contributed by atoms with Gasteiger partial charge in [0.1, 0.15) is 0 Å². The van der Waals surface area contributed by atoms with Crippen LogP contribution in [0.1, 0.15) is 12.8 Å². The number of hydrogen-bond acceptors (Lipinski definition) is 4. The van der Waals surface area contributed by atoms with E-state index in [2.05, 4.69) is 15.1 Å². The summed E-state index contributed by atoms with van der Waals surface area (Å²) in [6.07, 6.45) is 5.11. The zero-order chi connectivity index (χ0) is 11.6. The van der Waals surface area contributed by atoms with E-state index in [0.717, 1.165) is 19.4 Å². The number of rotatable bonds is 4. The van der Waals surface area contributed by atoms with Crippen LogP contribution in [0, 0.1) is 0 Å². The van der Waals surface area contributed by atoms with E-state index in [1.54, 1.807) is 17.9 Å². The van der Waals surface area contributed by atoms with Crippen molar-refractivity contribution in [2.45, 2.75) is 18.9 Å². The van der Waals surface area contributed by atoms with Crippen LogP contribution >= 0.6 is 0 Å². The van der Waals surface area contributed by atoms with Gasteiger partial charge < -0.3 is 5.32 Å². The van der Waals surface area contributed by atoms with Gasteiger partial charge in [-0.2, -0.15) is 5.10 Å². The fourth-order valence-corrected chi connectivity index (χ4v) is 3.22. The van der Waals surface area contributed by atoms with E-state index in [-0.39, 0.29) is 11.8 Å². The molecule has 6 nitrogen and oxygen atoms in total. The number of sulfonamides is 1. The standard InChI is InChI=1S/C9H16N4O2S/c1-13-6-9(5-11-13)12-16(14,15)7-8-3-2-4-10-8/h5-6,8,10,12H,2-4,7H2,1H3. The van der Waals surface area contributed by atoms with Crippen molar-refractivity contribution in [3.8, 4) is 0 Å². The van der Waals surface area contributed by atoms with Crippen LogP contribution in [0.2, 0.25) is 0 Å². The van der Waals surface area contributed by atoms with Gasteiger partial charge in [-0.25, -0.2) is 8.42 Å². The van der Waals surface area contributed by atoms with Crippen molar-refractivity contribution in [2.24, 2.45) is 7.05 Å². The molecule has 1 aliphatic heterocycles. The average Bonchev–Trinajstić information content (AvgIpc) is 2.76. The van der Waals surface area contributed by atoms with Gasteiger partial charge >= 0.3 is 0 Å². The molecular weight excluding hydrogens is 228 g/mol. The number of aryl methyl sites for hydroxylation is 1. The predicted octanol–water partition coefficient (Wildman–Crippen LogP) is -0.0862. The van der Waals surface area contributed by atoms with E-state index in [1.165, 1.54) is 6.20 Å². The van der Waals surface area contributed by atoms with Gasteiger partial charge in [-0.3, -0.25) is 9.40 Å². The predicted molar refractivity (Wildman–Crippen MR) is 61.6 cm³/mol. The molecule has 2 heterocycles. The third-order valence-electron chi connectivity index (χ3n) is 2.56. The number of anilines is 1. The van der Waals surface area contributed by atoms with E-state index in [1.807, 2.05) is 0 Å². The monoisotopic (exact) mass is 244 g/mol. The highest BCUT2D eigenvalue weighted by Gasteiger charge is 2.22. The van der Waals surface area contributed by atoms with Gasteiger partial charge in [0, 0.05) is 19.3 Å². The Hall–Kier alpha value is -1.08. The molecule has 0 aliphatic carbocycles. The smallest absolute Gasteiger partial charge is 0.234 e. The summed E-state index contributed by atoms with van der Waals surface area (Å²) in [5.41, 5.74) is 0.514. The van der Waals surface area contributed by atoms with E-state index >= 15 is 0 Å². The third-order valence-corrected chi connectivity index (χ3v) is 3.95. The van der Waals surface area contributed by atoms with Crippen molar-refractivity contribution in [1.82, 2.24) is 15.1 Å². The lowest BCUT2D eigenvalue weighted by atomic mass is 10.3. The Bertz CT molecular complexity index is 448. The Morgan fingerprint density at radius 2 is 2.50 bits per heavy atom. The third kappa shape index (κ3) is 2.96. The molecule has 1 atom stereocenters. The Labute approximate surface area is 95.1 Å². The number of nitrogens with zero attached hydrogens (tertiary/aromatic N) is 2. The van der Waals surface area contributed by atoms with Crippen LogP contribution in [0.5, 0.6) is 0 Å². The van der Waals surface area contributed by atoms with Gasteiger partial charge in [-0.15, -0.1) is 0 Å². The quantitative estimate of drug-likeness (QED) is 0.776. The van der Waals surface area contributed by atoms with Crippen molar-refractivity contribution in [3.63, 3.8) is 0 Å². The molecule has 90 valence electrons. The van der Waals surface area contributed by atoms with Crippen LogP contribution in [0.25, 0.3) is 0 Å². The minimum absolute atomic E-state index is 0.0779. The minimum Gasteiger partial charge on any atom is -0.313 e. The molecule has 1 aromatic heterocycles. The van der Waals surface area contributed by atoms with Gasteiger partial charge in [-0.05, 0) is 19.4 Å². The maximum atomic E-state index is 11.8. The molecule has 0 aromatic carbocycles. The fraction of sp³-hybridized carbons (Fsp3) is 0.667. The van der Waals surface area contributed by atoms with Crippen LogP contribution in [0.3, 0.4) is 0 Å². The molecule has 1 aliphatic rings. The SMILES string of the molecule is Cn1cc(NS(=O)(=O)CC2CCCN2)cn1. The van der Waals surface area contributed by atoms with Crippen molar-refractivity contribution in [1.29, 1.82) is 0 Å². The van der Waals surface area contributed by atoms with Crippen LogP contribution in [0.4, 0.5) is 5.69 Å². The molecule has 16 heavy (non-hydrogen) atoms. The molecule has 0 bridgehead atoms. The van der Waals surface area contributed by atoms with Crippen LogP contribution in [-0.2, 0) is 17.1 Å². The van der Waals surface area contributed by atoms with Crippen molar-refractivity contribution in [3.05, 3.63) is 12.4 Å². The summed E-state index contributed by atoms with van der Waals surface area (Å²) >= 11 is 0. The number of nitrogens with one attached hydrogen (secondary N) is 2. The largest absolute Gasteiger partial charge is 0.313 e.